The molecule has 2 aromatic heterocycles. The van der Waals surface area contributed by atoms with Crippen LogP contribution in [0.5, 0.6) is 0 Å². The van der Waals surface area contributed by atoms with Crippen LogP contribution in [-0.2, 0) is 10.0 Å². The average molecular weight is 474 g/mol. The molecule has 160 valence electrons. The standard InChI is InChI=1S/C19H27N3O3S4/c1-3-21(4-2)16(15-5-9-27-14-15)13-20-19(23)18-17(6-10-28-18)29(24,25)22-7-11-26-12-8-22/h5-6,9-10,14,16H,3-4,7-8,11-13H2,1-2H3,(H,20,23). The topological polar surface area (TPSA) is 69.7 Å². The number of nitrogens with one attached hydrogen (secondary N) is 1. The molecule has 1 fully saturated rings. The van der Waals surface area contributed by atoms with Gasteiger partial charge in [0.05, 0.1) is 6.04 Å². The van der Waals surface area contributed by atoms with Crippen LogP contribution >= 0.6 is 34.4 Å². The molecule has 6 nitrogen and oxygen atoms in total. The van der Waals surface area contributed by atoms with Crippen molar-refractivity contribution in [2.75, 3.05) is 44.2 Å². The van der Waals surface area contributed by atoms with Gasteiger partial charge >= 0.3 is 0 Å². The van der Waals surface area contributed by atoms with Crippen molar-refractivity contribution in [2.24, 2.45) is 0 Å². The highest BCUT2D eigenvalue weighted by Gasteiger charge is 2.31. The zero-order valence-corrected chi connectivity index (χ0v) is 19.9. The molecule has 1 aliphatic heterocycles. The van der Waals surface area contributed by atoms with E-state index in [1.165, 1.54) is 21.2 Å². The van der Waals surface area contributed by atoms with E-state index >= 15 is 0 Å². The summed E-state index contributed by atoms with van der Waals surface area (Å²) in [6.07, 6.45) is 0. The van der Waals surface area contributed by atoms with Crippen molar-refractivity contribution in [1.29, 1.82) is 0 Å². The maximum Gasteiger partial charge on any atom is 0.262 e. The summed E-state index contributed by atoms with van der Waals surface area (Å²) in [5, 5.41) is 8.81. The first-order valence-electron chi connectivity index (χ1n) is 9.68. The number of hydrogen-bond donors (Lipinski definition) is 1. The molecule has 1 aliphatic rings. The van der Waals surface area contributed by atoms with Crippen molar-refractivity contribution in [3.63, 3.8) is 0 Å². The molecule has 0 saturated carbocycles. The lowest BCUT2D eigenvalue weighted by Gasteiger charge is -2.29. The lowest BCUT2D eigenvalue weighted by molar-refractivity contribution is 0.0936. The number of rotatable bonds is 9. The summed E-state index contributed by atoms with van der Waals surface area (Å²) in [5.41, 5.74) is 1.17. The number of carbonyl (C=O) groups excluding carboxylic acids is 1. The summed E-state index contributed by atoms with van der Waals surface area (Å²) in [6.45, 7) is 7.38. The van der Waals surface area contributed by atoms with Gasteiger partial charge in [0.15, 0.2) is 0 Å². The third-order valence-electron chi connectivity index (χ3n) is 5.06. The Balaban J connectivity index is 1.75. The lowest BCUT2D eigenvalue weighted by atomic mass is 10.1. The van der Waals surface area contributed by atoms with Crippen LogP contribution in [0.25, 0.3) is 0 Å². The second-order valence-corrected chi connectivity index (χ2v) is 11.5. The monoisotopic (exact) mass is 473 g/mol. The van der Waals surface area contributed by atoms with Gasteiger partial charge in [-0.25, -0.2) is 8.42 Å². The van der Waals surface area contributed by atoms with Crippen LogP contribution in [0.15, 0.2) is 33.2 Å². The van der Waals surface area contributed by atoms with E-state index in [-0.39, 0.29) is 21.7 Å². The number of thiophene rings is 2. The zero-order valence-electron chi connectivity index (χ0n) is 16.7. The Kier molecular flexibility index (Phi) is 8.17. The molecule has 1 atom stereocenters. The summed E-state index contributed by atoms with van der Waals surface area (Å²) in [6, 6.07) is 3.70. The number of nitrogens with zero attached hydrogens (tertiary/aromatic N) is 2. The first-order valence-corrected chi connectivity index (χ1v) is 14.1. The number of thioether (sulfide) groups is 1. The van der Waals surface area contributed by atoms with Gasteiger partial charge in [0.1, 0.15) is 9.77 Å². The smallest absolute Gasteiger partial charge is 0.262 e. The zero-order chi connectivity index (χ0) is 20.9. The van der Waals surface area contributed by atoms with Crippen molar-refractivity contribution in [3.8, 4) is 0 Å². The van der Waals surface area contributed by atoms with Crippen LogP contribution in [-0.4, -0.2) is 67.8 Å². The first kappa shape index (κ1) is 22.8. The van der Waals surface area contributed by atoms with E-state index in [9.17, 15) is 13.2 Å². The number of amides is 1. The van der Waals surface area contributed by atoms with Crippen molar-refractivity contribution in [2.45, 2.75) is 24.8 Å². The van der Waals surface area contributed by atoms with E-state index in [1.54, 1.807) is 34.5 Å². The molecule has 0 radical (unpaired) electrons. The maximum absolute atomic E-state index is 13.0. The van der Waals surface area contributed by atoms with Gasteiger partial charge in [-0.3, -0.25) is 9.69 Å². The molecule has 29 heavy (non-hydrogen) atoms. The van der Waals surface area contributed by atoms with E-state index in [4.69, 9.17) is 0 Å². The minimum absolute atomic E-state index is 0.0688. The van der Waals surface area contributed by atoms with Gasteiger partial charge in [-0.2, -0.15) is 27.4 Å². The molecule has 1 N–H and O–H groups in total. The Morgan fingerprint density at radius 3 is 2.55 bits per heavy atom. The molecule has 3 rings (SSSR count). The van der Waals surface area contributed by atoms with E-state index in [2.05, 4.69) is 35.5 Å². The van der Waals surface area contributed by atoms with Crippen LogP contribution in [0.2, 0.25) is 0 Å². The Labute approximate surface area is 185 Å². The van der Waals surface area contributed by atoms with Crippen molar-refractivity contribution in [3.05, 3.63) is 38.7 Å². The van der Waals surface area contributed by atoms with Gasteiger partial charge in [-0.1, -0.05) is 13.8 Å². The normalized spacial score (nSPS) is 16.8. The summed E-state index contributed by atoms with van der Waals surface area (Å²) in [7, 11) is -3.64. The fraction of sp³-hybridized carbons (Fsp3) is 0.526. The summed E-state index contributed by atoms with van der Waals surface area (Å²) in [5.74, 6) is 1.26. The average Bonchev–Trinajstić information content (AvgIpc) is 3.44. The second-order valence-electron chi connectivity index (χ2n) is 6.63. The van der Waals surface area contributed by atoms with Gasteiger partial charge in [-0.05, 0) is 46.9 Å². The van der Waals surface area contributed by atoms with Crippen LogP contribution in [0.4, 0.5) is 0 Å². The predicted octanol–water partition coefficient (Wildman–Crippen LogP) is 3.36. The highest BCUT2D eigenvalue weighted by atomic mass is 32.2. The number of likely N-dealkylation sites (N-methyl/N-ethyl adjacent to an activating group) is 1. The van der Waals surface area contributed by atoms with Crippen molar-refractivity contribution < 1.29 is 13.2 Å². The molecule has 1 saturated heterocycles. The number of carbonyl (C=O) groups is 1. The van der Waals surface area contributed by atoms with Gasteiger partial charge in [0.2, 0.25) is 10.0 Å². The van der Waals surface area contributed by atoms with Crippen LogP contribution < -0.4 is 5.32 Å². The maximum atomic E-state index is 13.0. The Morgan fingerprint density at radius 2 is 1.93 bits per heavy atom. The number of sulfonamides is 1. The molecule has 10 heteroatoms. The molecule has 1 unspecified atom stereocenters. The minimum Gasteiger partial charge on any atom is -0.349 e. The third-order valence-corrected chi connectivity index (χ3v) is 9.69. The highest BCUT2D eigenvalue weighted by Crippen LogP contribution is 2.28. The summed E-state index contributed by atoms with van der Waals surface area (Å²) >= 11 is 4.57. The van der Waals surface area contributed by atoms with Crippen LogP contribution in [0.3, 0.4) is 0 Å². The molecule has 1 amide bonds. The Morgan fingerprint density at radius 1 is 1.21 bits per heavy atom. The van der Waals surface area contributed by atoms with Gasteiger partial charge in [-0.15, -0.1) is 11.3 Å². The van der Waals surface area contributed by atoms with Gasteiger partial charge in [0, 0.05) is 31.1 Å². The van der Waals surface area contributed by atoms with E-state index in [0.29, 0.717) is 19.6 Å². The van der Waals surface area contributed by atoms with E-state index in [1.807, 2.05) is 5.38 Å². The van der Waals surface area contributed by atoms with E-state index in [0.717, 1.165) is 24.6 Å². The van der Waals surface area contributed by atoms with Crippen molar-refractivity contribution in [1.82, 2.24) is 14.5 Å². The molecular formula is C19H27N3O3S4. The molecule has 0 aliphatic carbocycles. The molecule has 0 bridgehead atoms. The fourth-order valence-corrected chi connectivity index (χ4v) is 8.05. The molecule has 0 spiro atoms. The molecule has 2 aromatic rings. The van der Waals surface area contributed by atoms with E-state index < -0.39 is 10.0 Å². The van der Waals surface area contributed by atoms with Gasteiger partial charge < -0.3 is 5.32 Å². The third kappa shape index (κ3) is 5.23. The summed E-state index contributed by atoms with van der Waals surface area (Å²) < 4.78 is 27.6. The van der Waals surface area contributed by atoms with Crippen LogP contribution in [0, 0.1) is 0 Å². The lowest BCUT2D eigenvalue weighted by Crippen LogP contribution is -2.40. The second kappa shape index (κ2) is 10.4. The molecule has 0 aromatic carbocycles. The molecule has 3 heterocycles. The molecular weight excluding hydrogens is 446 g/mol. The largest absolute Gasteiger partial charge is 0.349 e. The summed E-state index contributed by atoms with van der Waals surface area (Å²) in [4.78, 5) is 15.6. The Bertz CT molecular complexity index is 886. The predicted molar refractivity (Wildman–Crippen MR) is 123 cm³/mol. The fourth-order valence-electron chi connectivity index (χ4n) is 3.45. The van der Waals surface area contributed by atoms with Crippen LogP contribution in [0.1, 0.15) is 35.1 Å². The highest BCUT2D eigenvalue weighted by molar-refractivity contribution is 7.99. The van der Waals surface area contributed by atoms with Gasteiger partial charge in [0.25, 0.3) is 5.91 Å². The SMILES string of the molecule is CCN(CC)C(CNC(=O)c1sccc1S(=O)(=O)N1CCSCC1)c1ccsc1. The van der Waals surface area contributed by atoms with Crippen molar-refractivity contribution >= 4 is 50.4 Å². The minimum atomic E-state index is -3.64. The number of hydrogen-bond acceptors (Lipinski definition) is 7. The quantitative estimate of drug-likeness (QED) is 0.605. The Hall–Kier alpha value is -0.910. The first-order chi connectivity index (χ1) is 14.0.